The van der Waals surface area contributed by atoms with E-state index in [9.17, 15) is 4.79 Å². The molecule has 140 valence electrons. The van der Waals surface area contributed by atoms with E-state index in [1.54, 1.807) is 0 Å². The molecule has 0 aliphatic heterocycles. The van der Waals surface area contributed by atoms with Crippen LogP contribution in [0.25, 0.3) is 0 Å². The van der Waals surface area contributed by atoms with Gasteiger partial charge in [-0.05, 0) is 56.7 Å². The molecule has 0 saturated carbocycles. The summed E-state index contributed by atoms with van der Waals surface area (Å²) in [6, 6.07) is 8.34. The summed E-state index contributed by atoms with van der Waals surface area (Å²) < 4.78 is 0. The van der Waals surface area contributed by atoms with Gasteiger partial charge in [-0.25, -0.2) is 0 Å². The number of carbonyl (C=O) groups excluding carboxylic acids is 1. The largest absolute Gasteiger partial charge is 0.357 e. The molecule has 0 heterocycles. The lowest BCUT2D eigenvalue weighted by Gasteiger charge is -2.18. The Kier molecular flexibility index (Phi) is 9.66. The van der Waals surface area contributed by atoms with Crippen LogP contribution in [0.3, 0.4) is 0 Å². The van der Waals surface area contributed by atoms with Gasteiger partial charge in [-0.1, -0.05) is 26.0 Å². The lowest BCUT2D eigenvalue weighted by molar-refractivity contribution is -0.114. The van der Waals surface area contributed by atoms with Crippen molar-refractivity contribution < 1.29 is 4.79 Å². The monoisotopic (exact) mass is 346 g/mol. The first-order chi connectivity index (χ1) is 11.9. The van der Waals surface area contributed by atoms with Gasteiger partial charge in [0.2, 0.25) is 5.91 Å². The van der Waals surface area contributed by atoms with Gasteiger partial charge in [0.1, 0.15) is 0 Å². The number of amides is 1. The van der Waals surface area contributed by atoms with E-state index in [4.69, 9.17) is 0 Å². The highest BCUT2D eigenvalue weighted by molar-refractivity contribution is 5.88. The van der Waals surface area contributed by atoms with E-state index in [1.807, 2.05) is 24.3 Å². The van der Waals surface area contributed by atoms with Crippen LogP contribution < -0.4 is 16.0 Å². The smallest absolute Gasteiger partial charge is 0.221 e. The number of aliphatic imine (C=N–C) groups is 1. The Balaban J connectivity index is 2.49. The highest BCUT2D eigenvalue weighted by Crippen LogP contribution is 2.10. The molecule has 0 spiro atoms. The minimum atomic E-state index is -0.0507. The van der Waals surface area contributed by atoms with Crippen LogP contribution in [0.2, 0.25) is 0 Å². The number of carbonyl (C=O) groups is 1. The van der Waals surface area contributed by atoms with Crippen molar-refractivity contribution in [1.29, 1.82) is 0 Å². The van der Waals surface area contributed by atoms with Crippen LogP contribution in [0.15, 0.2) is 29.3 Å². The minimum absolute atomic E-state index is 0.0507. The van der Waals surface area contributed by atoms with E-state index in [1.165, 1.54) is 18.9 Å². The van der Waals surface area contributed by atoms with Crippen molar-refractivity contribution in [2.24, 2.45) is 10.9 Å². The second-order valence-corrected chi connectivity index (χ2v) is 6.91. The summed E-state index contributed by atoms with van der Waals surface area (Å²) in [5.74, 6) is 1.56. The van der Waals surface area contributed by atoms with Gasteiger partial charge in [0.15, 0.2) is 5.96 Å². The fourth-order valence-electron chi connectivity index (χ4n) is 2.46. The van der Waals surface area contributed by atoms with Crippen LogP contribution in [0.4, 0.5) is 5.69 Å². The molecule has 0 aromatic heterocycles. The number of rotatable bonds is 9. The first kappa shape index (κ1) is 21.0. The third kappa shape index (κ3) is 9.75. The molecule has 1 atom stereocenters. The van der Waals surface area contributed by atoms with Gasteiger partial charge in [-0.3, -0.25) is 9.79 Å². The van der Waals surface area contributed by atoms with Crippen LogP contribution in [0.5, 0.6) is 0 Å². The summed E-state index contributed by atoms with van der Waals surface area (Å²) in [6.45, 7) is 11.9. The molecule has 1 aromatic carbocycles. The molecule has 3 N–H and O–H groups in total. The number of guanidine groups is 1. The molecule has 0 aliphatic carbocycles. The maximum Gasteiger partial charge on any atom is 0.221 e. The van der Waals surface area contributed by atoms with Gasteiger partial charge in [-0.15, -0.1) is 0 Å². The Morgan fingerprint density at radius 2 is 1.80 bits per heavy atom. The van der Waals surface area contributed by atoms with E-state index in [0.29, 0.717) is 6.04 Å². The second kappa shape index (κ2) is 11.5. The molecule has 25 heavy (non-hydrogen) atoms. The molecule has 1 amide bonds. The summed E-state index contributed by atoms with van der Waals surface area (Å²) in [5.41, 5.74) is 2.04. The summed E-state index contributed by atoms with van der Waals surface area (Å²) in [5, 5.41) is 9.57. The molecule has 0 radical (unpaired) electrons. The van der Waals surface area contributed by atoms with Gasteiger partial charge in [0, 0.05) is 31.7 Å². The molecule has 0 aliphatic rings. The number of nitrogens with one attached hydrogen (secondary N) is 3. The molecule has 0 saturated heterocycles. The van der Waals surface area contributed by atoms with E-state index in [-0.39, 0.29) is 5.91 Å². The van der Waals surface area contributed by atoms with Crippen molar-refractivity contribution in [3.8, 4) is 0 Å². The number of hydrogen-bond acceptors (Lipinski definition) is 2. The predicted octanol–water partition coefficient (Wildman–Crippen LogP) is 3.57. The van der Waals surface area contributed by atoms with Crippen LogP contribution in [-0.4, -0.2) is 31.0 Å². The normalized spacial score (nSPS) is 12.8. The summed E-state index contributed by atoms with van der Waals surface area (Å²) in [4.78, 5) is 15.7. The maximum atomic E-state index is 11.0. The van der Waals surface area contributed by atoms with Crippen molar-refractivity contribution in [2.75, 3.05) is 18.4 Å². The van der Waals surface area contributed by atoms with Gasteiger partial charge >= 0.3 is 0 Å². The zero-order valence-corrected chi connectivity index (χ0v) is 16.4. The third-order valence-corrected chi connectivity index (χ3v) is 3.85. The zero-order chi connectivity index (χ0) is 18.7. The molecule has 1 unspecified atom stereocenters. The molecule has 5 nitrogen and oxygen atoms in total. The average molecular weight is 347 g/mol. The average Bonchev–Trinajstić information content (AvgIpc) is 2.54. The molecule has 0 bridgehead atoms. The van der Waals surface area contributed by atoms with Crippen molar-refractivity contribution >= 4 is 17.6 Å². The molecule has 1 aromatic rings. The fourth-order valence-corrected chi connectivity index (χ4v) is 2.46. The Labute approximate surface area is 152 Å². The molecule has 1 rings (SSSR count). The standard InChI is InChI=1S/C20H34N4O/c1-6-21-20(23-16(4)8-7-15(2)3)22-14-13-18-9-11-19(12-10-18)24-17(5)25/h9-12,15-16H,6-8,13-14H2,1-5H3,(H,24,25)(H2,21,22,23). The van der Waals surface area contributed by atoms with Gasteiger partial charge in [0.25, 0.3) is 0 Å². The lowest BCUT2D eigenvalue weighted by Crippen LogP contribution is -2.42. The number of benzene rings is 1. The fraction of sp³-hybridized carbons (Fsp3) is 0.600. The lowest BCUT2D eigenvalue weighted by atomic mass is 10.0. The third-order valence-electron chi connectivity index (χ3n) is 3.85. The molecular formula is C20H34N4O. The van der Waals surface area contributed by atoms with Crippen molar-refractivity contribution in [3.63, 3.8) is 0 Å². The van der Waals surface area contributed by atoms with Gasteiger partial charge in [0.05, 0.1) is 0 Å². The number of nitrogens with zero attached hydrogens (tertiary/aromatic N) is 1. The van der Waals surface area contributed by atoms with Crippen LogP contribution in [0.1, 0.15) is 53.0 Å². The first-order valence-corrected chi connectivity index (χ1v) is 9.32. The summed E-state index contributed by atoms with van der Waals surface area (Å²) in [6.07, 6.45) is 3.23. The second-order valence-electron chi connectivity index (χ2n) is 6.91. The van der Waals surface area contributed by atoms with Crippen molar-refractivity contribution in [3.05, 3.63) is 29.8 Å². The summed E-state index contributed by atoms with van der Waals surface area (Å²) >= 11 is 0. The molecular weight excluding hydrogens is 312 g/mol. The van der Waals surface area contributed by atoms with E-state index < -0.39 is 0 Å². The van der Waals surface area contributed by atoms with E-state index in [2.05, 4.69) is 48.6 Å². The Morgan fingerprint density at radius 1 is 1.12 bits per heavy atom. The topological polar surface area (TPSA) is 65.5 Å². The Bertz CT molecular complexity index is 537. The van der Waals surface area contributed by atoms with E-state index >= 15 is 0 Å². The quantitative estimate of drug-likeness (QED) is 0.473. The van der Waals surface area contributed by atoms with Crippen molar-refractivity contribution in [1.82, 2.24) is 10.6 Å². The number of anilines is 1. The Hall–Kier alpha value is -2.04. The minimum Gasteiger partial charge on any atom is -0.357 e. The molecule has 5 heteroatoms. The Morgan fingerprint density at radius 3 is 2.36 bits per heavy atom. The van der Waals surface area contributed by atoms with Gasteiger partial charge in [-0.2, -0.15) is 0 Å². The summed E-state index contributed by atoms with van der Waals surface area (Å²) in [7, 11) is 0. The highest BCUT2D eigenvalue weighted by atomic mass is 16.1. The van der Waals surface area contributed by atoms with Gasteiger partial charge < -0.3 is 16.0 Å². The molecule has 0 fully saturated rings. The van der Waals surface area contributed by atoms with E-state index in [0.717, 1.165) is 43.5 Å². The van der Waals surface area contributed by atoms with Crippen LogP contribution >= 0.6 is 0 Å². The van der Waals surface area contributed by atoms with Crippen LogP contribution in [-0.2, 0) is 11.2 Å². The first-order valence-electron chi connectivity index (χ1n) is 9.32. The predicted molar refractivity (Wildman–Crippen MR) is 107 cm³/mol. The maximum absolute atomic E-state index is 11.0. The van der Waals surface area contributed by atoms with Crippen LogP contribution in [0, 0.1) is 5.92 Å². The highest BCUT2D eigenvalue weighted by Gasteiger charge is 2.06. The number of hydrogen-bond donors (Lipinski definition) is 3. The van der Waals surface area contributed by atoms with Crippen molar-refractivity contribution in [2.45, 2.75) is 59.9 Å². The SMILES string of the molecule is CCNC(=NCCc1ccc(NC(C)=O)cc1)NC(C)CCC(C)C. The zero-order valence-electron chi connectivity index (χ0n) is 16.4.